The molecule has 3 nitrogen and oxygen atoms in total. The Kier molecular flexibility index (Phi) is 4.71. The number of ketones is 1. The Labute approximate surface area is 128 Å². The molecule has 2 aromatic rings. The number of benzene rings is 1. The molecule has 0 N–H and O–H groups in total. The van der Waals surface area contributed by atoms with E-state index in [-0.39, 0.29) is 12.2 Å². The summed E-state index contributed by atoms with van der Waals surface area (Å²) in [4.78, 5) is 16.3. The summed E-state index contributed by atoms with van der Waals surface area (Å²) in [5.41, 5.74) is 1.39. The Morgan fingerprint density at radius 1 is 1.26 bits per heavy atom. The number of hydrogen-bond donors (Lipinski definition) is 0. The summed E-state index contributed by atoms with van der Waals surface area (Å²) in [7, 11) is 1.59. The van der Waals surface area contributed by atoms with Crippen LogP contribution in [0.4, 0.5) is 0 Å². The van der Waals surface area contributed by atoms with Crippen molar-refractivity contribution < 1.29 is 9.53 Å². The number of carbonyl (C=O) groups excluding carboxylic acids is 1. The van der Waals surface area contributed by atoms with E-state index in [0.29, 0.717) is 11.3 Å². The van der Waals surface area contributed by atoms with Gasteiger partial charge in [-0.25, -0.2) is 0 Å². The van der Waals surface area contributed by atoms with Crippen LogP contribution < -0.4 is 4.74 Å². The zero-order valence-corrected chi connectivity index (χ0v) is 13.4. The summed E-state index contributed by atoms with van der Waals surface area (Å²) in [6.07, 6.45) is 1.97. The third kappa shape index (κ3) is 3.64. The molecule has 19 heavy (non-hydrogen) atoms. The lowest BCUT2D eigenvalue weighted by Gasteiger charge is -2.05. The third-order valence-electron chi connectivity index (χ3n) is 2.60. The number of Topliss-reactive ketones (excluding diaryl/α,β-unsaturated/α-hetero) is 1. The zero-order valence-electron chi connectivity index (χ0n) is 10.2. The number of pyridine rings is 1. The smallest absolute Gasteiger partial charge is 0.168 e. The highest BCUT2D eigenvalue weighted by Gasteiger charge is 2.10. The first kappa shape index (κ1) is 14.2. The number of nitrogens with zero attached hydrogens (tertiary/aromatic N) is 1. The zero-order chi connectivity index (χ0) is 13.8. The number of halogens is 2. The number of aromatic nitrogens is 1. The highest BCUT2D eigenvalue weighted by atomic mass is 79.9. The minimum Gasteiger partial charge on any atom is -0.496 e. The predicted molar refractivity (Wildman–Crippen MR) is 80.7 cm³/mol. The predicted octanol–water partition coefficient (Wildman–Crippen LogP) is 4.04. The molecule has 0 radical (unpaired) electrons. The van der Waals surface area contributed by atoms with Gasteiger partial charge in [-0.15, -0.1) is 0 Å². The molecule has 0 aliphatic heterocycles. The van der Waals surface area contributed by atoms with Crippen LogP contribution >= 0.6 is 31.9 Å². The Morgan fingerprint density at radius 3 is 2.63 bits per heavy atom. The van der Waals surface area contributed by atoms with Gasteiger partial charge in [0.25, 0.3) is 0 Å². The van der Waals surface area contributed by atoms with Crippen molar-refractivity contribution in [2.45, 2.75) is 6.42 Å². The average molecular weight is 385 g/mol. The van der Waals surface area contributed by atoms with E-state index in [1.165, 1.54) is 0 Å². The maximum Gasteiger partial charge on any atom is 0.168 e. The number of ether oxygens (including phenoxy) is 1. The van der Waals surface area contributed by atoms with Crippen LogP contribution in [0.1, 0.15) is 16.1 Å². The lowest BCUT2D eigenvalue weighted by Crippen LogP contribution is -2.05. The first-order valence-electron chi connectivity index (χ1n) is 5.57. The van der Waals surface area contributed by atoms with E-state index in [0.717, 1.165) is 14.6 Å². The van der Waals surface area contributed by atoms with E-state index in [1.54, 1.807) is 31.5 Å². The lowest BCUT2D eigenvalue weighted by atomic mass is 10.1. The van der Waals surface area contributed by atoms with E-state index < -0.39 is 0 Å². The van der Waals surface area contributed by atoms with E-state index in [9.17, 15) is 4.79 Å². The molecule has 0 aliphatic carbocycles. The van der Waals surface area contributed by atoms with Gasteiger partial charge < -0.3 is 4.74 Å². The number of rotatable bonds is 4. The molecule has 1 aromatic heterocycles. The molecule has 0 atom stereocenters. The largest absolute Gasteiger partial charge is 0.496 e. The van der Waals surface area contributed by atoms with Crippen molar-refractivity contribution in [3.8, 4) is 5.75 Å². The lowest BCUT2D eigenvalue weighted by molar-refractivity contribution is 0.0992. The second kappa shape index (κ2) is 6.30. The molecule has 0 spiro atoms. The molecule has 2 rings (SSSR count). The fourth-order valence-electron chi connectivity index (χ4n) is 1.62. The first-order chi connectivity index (χ1) is 9.10. The second-order valence-corrected chi connectivity index (χ2v) is 5.69. The summed E-state index contributed by atoms with van der Waals surface area (Å²) in [6, 6.07) is 9.00. The second-order valence-electron chi connectivity index (χ2n) is 3.92. The Bertz CT molecular complexity index is 597. The van der Waals surface area contributed by atoms with Gasteiger partial charge in [-0.2, -0.15) is 0 Å². The molecule has 0 saturated carbocycles. The number of hydrogen-bond acceptors (Lipinski definition) is 3. The van der Waals surface area contributed by atoms with Gasteiger partial charge in [0, 0.05) is 21.9 Å². The van der Waals surface area contributed by atoms with Crippen LogP contribution in [0.2, 0.25) is 0 Å². The van der Waals surface area contributed by atoms with Crippen molar-refractivity contribution in [1.29, 1.82) is 0 Å². The van der Waals surface area contributed by atoms with Gasteiger partial charge in [0.1, 0.15) is 5.75 Å². The third-order valence-corrected chi connectivity index (χ3v) is 3.69. The highest BCUT2D eigenvalue weighted by molar-refractivity contribution is 9.10. The monoisotopic (exact) mass is 383 g/mol. The standard InChI is InChI=1S/C14H11Br2NO2/c1-19-14-5-2-9(6-12(14)16)13(18)7-11-4-3-10(15)8-17-11/h2-6,8H,7H2,1H3. The van der Waals surface area contributed by atoms with Crippen LogP contribution in [0.3, 0.4) is 0 Å². The molecule has 0 bridgehead atoms. The highest BCUT2D eigenvalue weighted by Crippen LogP contribution is 2.26. The molecular formula is C14H11Br2NO2. The van der Waals surface area contributed by atoms with Crippen molar-refractivity contribution in [2.24, 2.45) is 0 Å². The van der Waals surface area contributed by atoms with Crippen LogP contribution in [0, 0.1) is 0 Å². The van der Waals surface area contributed by atoms with Gasteiger partial charge in [-0.3, -0.25) is 9.78 Å². The van der Waals surface area contributed by atoms with Crippen LogP contribution in [0.5, 0.6) is 5.75 Å². The molecule has 1 aromatic carbocycles. The average Bonchev–Trinajstić information content (AvgIpc) is 2.41. The summed E-state index contributed by atoms with van der Waals surface area (Å²) in [5, 5.41) is 0. The van der Waals surface area contributed by atoms with E-state index in [2.05, 4.69) is 36.8 Å². The number of methoxy groups -OCH3 is 1. The molecule has 0 aliphatic rings. The fourth-order valence-corrected chi connectivity index (χ4v) is 2.39. The van der Waals surface area contributed by atoms with Gasteiger partial charge in [0.05, 0.1) is 18.0 Å². The molecular weight excluding hydrogens is 374 g/mol. The van der Waals surface area contributed by atoms with Crippen LogP contribution in [-0.4, -0.2) is 17.9 Å². The summed E-state index contributed by atoms with van der Waals surface area (Å²) >= 11 is 6.69. The summed E-state index contributed by atoms with van der Waals surface area (Å²) in [5.74, 6) is 0.733. The first-order valence-corrected chi connectivity index (χ1v) is 7.16. The minimum atomic E-state index is 0.0261. The van der Waals surface area contributed by atoms with Crippen LogP contribution in [0.15, 0.2) is 45.5 Å². The van der Waals surface area contributed by atoms with Crippen molar-refractivity contribution in [3.63, 3.8) is 0 Å². The molecule has 0 saturated heterocycles. The van der Waals surface area contributed by atoms with Crippen molar-refractivity contribution in [2.75, 3.05) is 7.11 Å². The summed E-state index contributed by atoms with van der Waals surface area (Å²) in [6.45, 7) is 0. The SMILES string of the molecule is COc1ccc(C(=O)Cc2ccc(Br)cn2)cc1Br. The van der Waals surface area contributed by atoms with Gasteiger partial charge >= 0.3 is 0 Å². The Morgan fingerprint density at radius 2 is 2.05 bits per heavy atom. The van der Waals surface area contributed by atoms with Gasteiger partial charge in [-0.1, -0.05) is 0 Å². The Balaban J connectivity index is 2.16. The van der Waals surface area contributed by atoms with E-state index >= 15 is 0 Å². The van der Waals surface area contributed by atoms with Gasteiger partial charge in [-0.05, 0) is 62.2 Å². The summed E-state index contributed by atoms with van der Waals surface area (Å²) < 4.78 is 6.80. The van der Waals surface area contributed by atoms with Crippen LogP contribution in [-0.2, 0) is 6.42 Å². The molecule has 5 heteroatoms. The molecule has 0 unspecified atom stereocenters. The minimum absolute atomic E-state index is 0.0261. The van der Waals surface area contributed by atoms with E-state index in [4.69, 9.17) is 4.74 Å². The quantitative estimate of drug-likeness (QED) is 0.746. The van der Waals surface area contributed by atoms with Gasteiger partial charge in [0.15, 0.2) is 5.78 Å². The van der Waals surface area contributed by atoms with Crippen molar-refractivity contribution in [1.82, 2.24) is 4.98 Å². The topological polar surface area (TPSA) is 39.2 Å². The van der Waals surface area contributed by atoms with E-state index in [1.807, 2.05) is 12.1 Å². The maximum atomic E-state index is 12.1. The normalized spacial score (nSPS) is 10.3. The van der Waals surface area contributed by atoms with Crippen LogP contribution in [0.25, 0.3) is 0 Å². The molecule has 1 heterocycles. The molecule has 0 fully saturated rings. The van der Waals surface area contributed by atoms with Crippen molar-refractivity contribution in [3.05, 3.63) is 56.7 Å². The molecule has 0 amide bonds. The maximum absolute atomic E-state index is 12.1. The molecule has 98 valence electrons. The van der Waals surface area contributed by atoms with Crippen molar-refractivity contribution >= 4 is 37.6 Å². The number of carbonyl (C=O) groups is 1. The Hall–Kier alpha value is -1.20. The fraction of sp³-hybridized carbons (Fsp3) is 0.143. The van der Waals surface area contributed by atoms with Gasteiger partial charge in [0.2, 0.25) is 0 Å².